The Hall–Kier alpha value is -2.88. The first kappa shape index (κ1) is 23.3. The average Bonchev–Trinajstić information content (AvgIpc) is 3.41. The number of hydrogen-bond acceptors (Lipinski definition) is 6. The average molecular weight is 476 g/mol. The molecule has 1 saturated heterocycles. The van der Waals surface area contributed by atoms with Gasteiger partial charge in [-0.1, -0.05) is 25.6 Å². The third-order valence-corrected chi connectivity index (χ3v) is 6.66. The van der Waals surface area contributed by atoms with Gasteiger partial charge in [0.1, 0.15) is 17.4 Å². The molecule has 1 aromatic carbocycles. The van der Waals surface area contributed by atoms with E-state index in [1.54, 1.807) is 13.2 Å². The molecule has 3 atom stereocenters. The van der Waals surface area contributed by atoms with Crippen LogP contribution in [0.4, 0.5) is 20.4 Å². The molecule has 3 unspecified atom stereocenters. The van der Waals surface area contributed by atoms with Crippen molar-refractivity contribution in [2.45, 2.75) is 44.1 Å². The Morgan fingerprint density at radius 3 is 2.70 bits per heavy atom. The first-order valence-electron chi connectivity index (χ1n) is 10.9. The number of nitrogens with zero attached hydrogens (tertiary/aromatic N) is 4. The third-order valence-electron chi connectivity index (χ3n) is 5.58. The highest BCUT2D eigenvalue weighted by atomic mass is 32.2. The summed E-state index contributed by atoms with van der Waals surface area (Å²) >= 11 is 1.21. The molecule has 2 aromatic heterocycles. The standard InChI is InChI=1S/C23H27F2N5O2S/c1-14-9-15(2)12-29(11-14)22-27-28-23(30(22)13-18-5-4-8-32-18)33-16(3)21(31)26-20-10-17(24)6-7-19(20)25/h4-8,10,14-16H,9,11-13H2,1-3H3,(H,26,31). The lowest BCUT2D eigenvalue weighted by molar-refractivity contribution is -0.115. The first-order valence-corrected chi connectivity index (χ1v) is 11.8. The molecule has 1 N–H and O–H groups in total. The van der Waals surface area contributed by atoms with E-state index in [0.29, 0.717) is 23.5 Å². The number of carbonyl (C=O) groups excluding carboxylic acids is 1. The Morgan fingerprint density at radius 1 is 1.24 bits per heavy atom. The molecule has 1 amide bonds. The van der Waals surface area contributed by atoms with Crippen molar-refractivity contribution in [2.75, 3.05) is 23.3 Å². The van der Waals surface area contributed by atoms with Crippen molar-refractivity contribution < 1.29 is 18.0 Å². The molecule has 0 aliphatic carbocycles. The Morgan fingerprint density at radius 2 is 2.00 bits per heavy atom. The van der Waals surface area contributed by atoms with Crippen LogP contribution in [0.15, 0.2) is 46.2 Å². The van der Waals surface area contributed by atoms with Crippen LogP contribution in [0.3, 0.4) is 0 Å². The second kappa shape index (κ2) is 9.94. The highest BCUT2D eigenvalue weighted by Gasteiger charge is 2.28. The number of thioether (sulfide) groups is 1. The van der Waals surface area contributed by atoms with E-state index in [1.807, 2.05) is 16.7 Å². The van der Waals surface area contributed by atoms with Gasteiger partial charge in [-0.15, -0.1) is 10.2 Å². The molecular formula is C23H27F2N5O2S. The summed E-state index contributed by atoms with van der Waals surface area (Å²) in [6, 6.07) is 6.64. The second-order valence-corrected chi connectivity index (χ2v) is 9.98. The number of amides is 1. The molecular weight excluding hydrogens is 448 g/mol. The lowest BCUT2D eigenvalue weighted by Gasteiger charge is -2.35. The monoisotopic (exact) mass is 475 g/mol. The Labute approximate surface area is 195 Å². The lowest BCUT2D eigenvalue weighted by atomic mass is 9.92. The van der Waals surface area contributed by atoms with E-state index in [2.05, 4.69) is 34.3 Å². The fourth-order valence-corrected chi connectivity index (χ4v) is 5.01. The van der Waals surface area contributed by atoms with Crippen molar-refractivity contribution >= 4 is 29.3 Å². The largest absolute Gasteiger partial charge is 0.467 e. The van der Waals surface area contributed by atoms with Gasteiger partial charge in [-0.2, -0.15) is 0 Å². The fourth-order valence-electron chi connectivity index (χ4n) is 4.16. The second-order valence-electron chi connectivity index (χ2n) is 8.67. The predicted molar refractivity (Wildman–Crippen MR) is 123 cm³/mol. The minimum atomic E-state index is -0.696. The third kappa shape index (κ3) is 5.55. The summed E-state index contributed by atoms with van der Waals surface area (Å²) in [6.45, 7) is 8.31. The number of furan rings is 1. The predicted octanol–water partition coefficient (Wildman–Crippen LogP) is 4.80. The number of piperidine rings is 1. The molecule has 0 bridgehead atoms. The summed E-state index contributed by atoms with van der Waals surface area (Å²) in [5.41, 5.74) is -0.193. The minimum absolute atomic E-state index is 0.193. The van der Waals surface area contributed by atoms with Gasteiger partial charge in [0.05, 0.1) is 23.7 Å². The van der Waals surface area contributed by atoms with Gasteiger partial charge in [-0.05, 0) is 49.4 Å². The maximum atomic E-state index is 13.9. The summed E-state index contributed by atoms with van der Waals surface area (Å²) in [7, 11) is 0. The number of benzene rings is 1. The van der Waals surface area contributed by atoms with Gasteiger partial charge >= 0.3 is 0 Å². The first-order chi connectivity index (χ1) is 15.8. The van der Waals surface area contributed by atoms with Crippen molar-refractivity contribution in [2.24, 2.45) is 11.8 Å². The van der Waals surface area contributed by atoms with Crippen LogP contribution in [-0.4, -0.2) is 39.0 Å². The zero-order valence-electron chi connectivity index (χ0n) is 18.8. The van der Waals surface area contributed by atoms with Crippen LogP contribution in [0.1, 0.15) is 33.0 Å². The van der Waals surface area contributed by atoms with Crippen LogP contribution in [0.2, 0.25) is 0 Å². The number of carbonyl (C=O) groups is 1. The van der Waals surface area contributed by atoms with Crippen molar-refractivity contribution in [3.63, 3.8) is 0 Å². The Bertz CT molecular complexity index is 1090. The van der Waals surface area contributed by atoms with E-state index in [9.17, 15) is 13.6 Å². The van der Waals surface area contributed by atoms with Crippen LogP contribution >= 0.6 is 11.8 Å². The van der Waals surface area contributed by atoms with E-state index >= 15 is 0 Å². The molecule has 0 radical (unpaired) electrons. The number of hydrogen-bond donors (Lipinski definition) is 1. The van der Waals surface area contributed by atoms with E-state index in [4.69, 9.17) is 4.42 Å². The molecule has 33 heavy (non-hydrogen) atoms. The van der Waals surface area contributed by atoms with E-state index in [1.165, 1.54) is 11.8 Å². The molecule has 0 saturated carbocycles. The van der Waals surface area contributed by atoms with Crippen LogP contribution in [-0.2, 0) is 11.3 Å². The smallest absolute Gasteiger partial charge is 0.237 e. The van der Waals surface area contributed by atoms with Gasteiger partial charge in [0.15, 0.2) is 5.16 Å². The number of halogens is 2. The highest BCUT2D eigenvalue weighted by molar-refractivity contribution is 8.00. The summed E-state index contributed by atoms with van der Waals surface area (Å²) in [6.07, 6.45) is 2.78. The molecule has 1 aliphatic heterocycles. The fraction of sp³-hybridized carbons (Fsp3) is 0.435. The number of aromatic nitrogens is 3. The van der Waals surface area contributed by atoms with Gasteiger partial charge in [0.25, 0.3) is 0 Å². The molecule has 0 spiro atoms. The van der Waals surface area contributed by atoms with Gasteiger partial charge in [0.2, 0.25) is 11.9 Å². The molecule has 3 aromatic rings. The lowest BCUT2D eigenvalue weighted by Crippen LogP contribution is -2.40. The van der Waals surface area contributed by atoms with Crippen molar-refractivity contribution in [3.8, 4) is 0 Å². The maximum Gasteiger partial charge on any atom is 0.237 e. The topological polar surface area (TPSA) is 76.2 Å². The minimum Gasteiger partial charge on any atom is -0.467 e. The highest BCUT2D eigenvalue weighted by Crippen LogP contribution is 2.31. The Balaban J connectivity index is 1.55. The van der Waals surface area contributed by atoms with E-state index in [-0.39, 0.29) is 5.69 Å². The van der Waals surface area contributed by atoms with Crippen LogP contribution < -0.4 is 10.2 Å². The molecule has 1 fully saturated rings. The zero-order chi connectivity index (χ0) is 23.5. The van der Waals surface area contributed by atoms with Crippen LogP contribution in [0.25, 0.3) is 0 Å². The Kier molecular flexibility index (Phi) is 7.02. The van der Waals surface area contributed by atoms with E-state index < -0.39 is 22.8 Å². The molecule has 4 rings (SSSR count). The van der Waals surface area contributed by atoms with Gasteiger partial charge in [-0.25, -0.2) is 8.78 Å². The molecule has 1 aliphatic rings. The normalized spacial score (nSPS) is 19.5. The van der Waals surface area contributed by atoms with Crippen molar-refractivity contribution in [1.82, 2.24) is 14.8 Å². The quantitative estimate of drug-likeness (QED) is 0.495. The number of nitrogens with one attached hydrogen (secondary N) is 1. The van der Waals surface area contributed by atoms with Gasteiger partial charge in [-0.3, -0.25) is 9.36 Å². The van der Waals surface area contributed by atoms with Gasteiger partial charge in [0, 0.05) is 19.2 Å². The number of anilines is 2. The summed E-state index contributed by atoms with van der Waals surface area (Å²) < 4.78 is 34.9. The molecule has 10 heteroatoms. The number of rotatable bonds is 7. The van der Waals surface area contributed by atoms with E-state index in [0.717, 1.165) is 49.4 Å². The zero-order valence-corrected chi connectivity index (χ0v) is 19.6. The SMILES string of the molecule is CC1CC(C)CN(c2nnc(SC(C)C(=O)Nc3cc(F)ccc3F)n2Cc2ccco2)C1. The van der Waals surface area contributed by atoms with Crippen molar-refractivity contribution in [3.05, 3.63) is 54.0 Å². The summed E-state index contributed by atoms with van der Waals surface area (Å²) in [5, 5.41) is 11.2. The van der Waals surface area contributed by atoms with Crippen molar-refractivity contribution in [1.29, 1.82) is 0 Å². The summed E-state index contributed by atoms with van der Waals surface area (Å²) in [5.74, 6) is 0.761. The summed E-state index contributed by atoms with van der Waals surface area (Å²) in [4.78, 5) is 14.9. The molecule has 176 valence electrons. The van der Waals surface area contributed by atoms with Crippen LogP contribution in [0.5, 0.6) is 0 Å². The van der Waals surface area contributed by atoms with Crippen LogP contribution in [0, 0.1) is 23.5 Å². The maximum absolute atomic E-state index is 13.9. The molecule has 3 heterocycles. The van der Waals surface area contributed by atoms with Gasteiger partial charge < -0.3 is 14.6 Å². The molecule has 7 nitrogen and oxygen atoms in total.